The lowest BCUT2D eigenvalue weighted by Crippen LogP contribution is -2.14. The zero-order valence-corrected chi connectivity index (χ0v) is 12.4. The van der Waals surface area contributed by atoms with Crippen LogP contribution in [0.15, 0.2) is 46.9 Å². The van der Waals surface area contributed by atoms with Crippen molar-refractivity contribution < 1.29 is 13.9 Å². The summed E-state index contributed by atoms with van der Waals surface area (Å²) in [5, 5.41) is 9.44. The van der Waals surface area contributed by atoms with Gasteiger partial charge in [-0.1, -0.05) is 28.1 Å². The summed E-state index contributed by atoms with van der Waals surface area (Å²) in [7, 11) is 0. The number of halogens is 3. The molecule has 4 heteroatoms. The molecular formula is C16H15BrF2O. The van der Waals surface area contributed by atoms with Crippen molar-refractivity contribution in [2.75, 3.05) is 6.61 Å². The van der Waals surface area contributed by atoms with Crippen molar-refractivity contribution in [3.63, 3.8) is 0 Å². The topological polar surface area (TPSA) is 20.2 Å². The largest absolute Gasteiger partial charge is 0.396 e. The third-order valence-corrected chi connectivity index (χ3v) is 3.74. The normalized spacial score (nSPS) is 12.4. The lowest BCUT2D eigenvalue weighted by Gasteiger charge is -2.15. The van der Waals surface area contributed by atoms with E-state index in [-0.39, 0.29) is 12.5 Å². The minimum atomic E-state index is -0.457. The maximum absolute atomic E-state index is 13.6. The second-order valence-corrected chi connectivity index (χ2v) is 5.73. The first-order chi connectivity index (χ1) is 9.58. The molecule has 0 aliphatic carbocycles. The third-order valence-electron chi connectivity index (χ3n) is 3.21. The molecule has 0 aliphatic rings. The first-order valence-corrected chi connectivity index (χ1v) is 7.17. The maximum Gasteiger partial charge on any atom is 0.126 e. The van der Waals surface area contributed by atoms with Crippen LogP contribution in [0, 0.1) is 17.6 Å². The third kappa shape index (κ3) is 4.12. The van der Waals surface area contributed by atoms with Gasteiger partial charge in [0.25, 0.3) is 0 Å². The van der Waals surface area contributed by atoms with Crippen molar-refractivity contribution in [2.24, 2.45) is 5.92 Å². The van der Waals surface area contributed by atoms with E-state index in [0.717, 1.165) is 22.2 Å². The van der Waals surface area contributed by atoms with Gasteiger partial charge in [0.2, 0.25) is 0 Å². The van der Waals surface area contributed by atoms with E-state index >= 15 is 0 Å². The molecule has 0 bridgehead atoms. The summed E-state index contributed by atoms with van der Waals surface area (Å²) in [5.41, 5.74) is 1.37. The monoisotopic (exact) mass is 340 g/mol. The van der Waals surface area contributed by atoms with Gasteiger partial charge >= 0.3 is 0 Å². The number of hydrogen-bond donors (Lipinski definition) is 1. The Bertz CT molecular complexity index is 569. The first-order valence-electron chi connectivity index (χ1n) is 6.37. The molecule has 0 spiro atoms. The maximum atomic E-state index is 13.6. The molecule has 1 nitrogen and oxygen atoms in total. The highest BCUT2D eigenvalue weighted by Gasteiger charge is 2.13. The molecule has 1 atom stereocenters. The number of hydrogen-bond acceptors (Lipinski definition) is 1. The SMILES string of the molecule is OCC(Cc1ccc(Br)cc1)Cc1cc(F)ccc1F. The van der Waals surface area contributed by atoms with Gasteiger partial charge in [-0.3, -0.25) is 0 Å². The van der Waals surface area contributed by atoms with Crippen LogP contribution in [0.1, 0.15) is 11.1 Å². The van der Waals surface area contributed by atoms with Crippen LogP contribution in [-0.2, 0) is 12.8 Å². The van der Waals surface area contributed by atoms with Crippen molar-refractivity contribution in [1.29, 1.82) is 0 Å². The molecule has 0 amide bonds. The highest BCUT2D eigenvalue weighted by Crippen LogP contribution is 2.19. The molecule has 0 fully saturated rings. The standard InChI is InChI=1S/C16H15BrF2O/c17-14-3-1-11(2-4-14)7-12(10-20)8-13-9-15(18)5-6-16(13)19/h1-6,9,12,20H,7-8,10H2. The molecule has 2 aromatic carbocycles. The second kappa shape index (κ2) is 6.95. The average molecular weight is 341 g/mol. The van der Waals surface area contributed by atoms with Crippen LogP contribution >= 0.6 is 15.9 Å². The molecule has 2 aromatic rings. The smallest absolute Gasteiger partial charge is 0.126 e. The minimum Gasteiger partial charge on any atom is -0.396 e. The highest BCUT2D eigenvalue weighted by atomic mass is 79.9. The zero-order valence-electron chi connectivity index (χ0n) is 10.8. The average Bonchev–Trinajstić information content (AvgIpc) is 2.44. The second-order valence-electron chi connectivity index (χ2n) is 4.82. The van der Waals surface area contributed by atoms with Gasteiger partial charge in [0, 0.05) is 11.1 Å². The van der Waals surface area contributed by atoms with E-state index in [1.54, 1.807) is 0 Å². The van der Waals surface area contributed by atoms with E-state index in [0.29, 0.717) is 18.4 Å². The molecule has 20 heavy (non-hydrogen) atoms. The molecule has 2 rings (SSSR count). The molecule has 1 unspecified atom stereocenters. The van der Waals surface area contributed by atoms with Gasteiger partial charge in [-0.25, -0.2) is 8.78 Å². The summed E-state index contributed by atoms with van der Waals surface area (Å²) in [4.78, 5) is 0. The van der Waals surface area contributed by atoms with Crippen molar-refractivity contribution >= 4 is 15.9 Å². The lowest BCUT2D eigenvalue weighted by atomic mass is 9.93. The Kier molecular flexibility index (Phi) is 5.26. The molecule has 0 saturated carbocycles. The Hall–Kier alpha value is -1.26. The molecule has 1 N–H and O–H groups in total. The predicted octanol–water partition coefficient (Wildman–Crippen LogP) is 4.12. The Morgan fingerprint density at radius 2 is 1.70 bits per heavy atom. The molecule has 0 heterocycles. The molecule has 0 saturated heterocycles. The van der Waals surface area contributed by atoms with Crippen molar-refractivity contribution in [3.05, 3.63) is 69.7 Å². The lowest BCUT2D eigenvalue weighted by molar-refractivity contribution is 0.224. The van der Waals surface area contributed by atoms with Crippen molar-refractivity contribution in [1.82, 2.24) is 0 Å². The summed E-state index contributed by atoms with van der Waals surface area (Å²) < 4.78 is 27.7. The van der Waals surface area contributed by atoms with Gasteiger partial charge in [0.15, 0.2) is 0 Å². The van der Waals surface area contributed by atoms with Crippen molar-refractivity contribution in [3.8, 4) is 0 Å². The van der Waals surface area contributed by atoms with Crippen LogP contribution in [0.2, 0.25) is 0 Å². The molecular weight excluding hydrogens is 326 g/mol. The number of aliphatic hydroxyl groups is 1. The van der Waals surface area contributed by atoms with Gasteiger partial charge < -0.3 is 5.11 Å². The Morgan fingerprint density at radius 3 is 2.35 bits per heavy atom. The predicted molar refractivity (Wildman–Crippen MR) is 78.5 cm³/mol. The highest BCUT2D eigenvalue weighted by molar-refractivity contribution is 9.10. The summed E-state index contributed by atoms with van der Waals surface area (Å²) in [5.74, 6) is -1.02. The van der Waals surface area contributed by atoms with Crippen LogP contribution < -0.4 is 0 Å². The molecule has 0 aliphatic heterocycles. The van der Waals surface area contributed by atoms with Gasteiger partial charge in [-0.15, -0.1) is 0 Å². The van der Waals surface area contributed by atoms with Gasteiger partial charge in [0.05, 0.1) is 0 Å². The van der Waals surface area contributed by atoms with E-state index in [2.05, 4.69) is 15.9 Å². The molecule has 106 valence electrons. The van der Waals surface area contributed by atoms with Gasteiger partial charge in [0.1, 0.15) is 11.6 Å². The summed E-state index contributed by atoms with van der Waals surface area (Å²) in [6, 6.07) is 11.2. The van der Waals surface area contributed by atoms with E-state index < -0.39 is 11.6 Å². The summed E-state index contributed by atoms with van der Waals surface area (Å²) >= 11 is 3.36. The van der Waals surface area contributed by atoms with E-state index in [4.69, 9.17) is 0 Å². The van der Waals surface area contributed by atoms with E-state index in [1.807, 2.05) is 24.3 Å². The number of benzene rings is 2. The fourth-order valence-corrected chi connectivity index (χ4v) is 2.43. The minimum absolute atomic E-state index is 0.0635. The summed E-state index contributed by atoms with van der Waals surface area (Å²) in [6.07, 6.45) is 0.940. The Morgan fingerprint density at radius 1 is 1.00 bits per heavy atom. The Balaban J connectivity index is 2.08. The van der Waals surface area contributed by atoms with Crippen LogP contribution in [0.4, 0.5) is 8.78 Å². The molecule has 0 aromatic heterocycles. The van der Waals surface area contributed by atoms with Crippen LogP contribution in [-0.4, -0.2) is 11.7 Å². The fraction of sp³-hybridized carbons (Fsp3) is 0.250. The van der Waals surface area contributed by atoms with Crippen LogP contribution in [0.25, 0.3) is 0 Å². The van der Waals surface area contributed by atoms with E-state index in [9.17, 15) is 13.9 Å². The summed E-state index contributed by atoms with van der Waals surface area (Å²) in [6.45, 7) is -0.0635. The van der Waals surface area contributed by atoms with Crippen LogP contribution in [0.5, 0.6) is 0 Å². The fourth-order valence-electron chi connectivity index (χ4n) is 2.17. The number of rotatable bonds is 5. The van der Waals surface area contributed by atoms with Gasteiger partial charge in [-0.05, 0) is 60.2 Å². The molecule has 0 radical (unpaired) electrons. The van der Waals surface area contributed by atoms with Gasteiger partial charge in [-0.2, -0.15) is 0 Å². The number of aliphatic hydroxyl groups excluding tert-OH is 1. The zero-order chi connectivity index (χ0) is 14.5. The quantitative estimate of drug-likeness (QED) is 0.867. The first kappa shape index (κ1) is 15.1. The van der Waals surface area contributed by atoms with Crippen molar-refractivity contribution in [2.45, 2.75) is 12.8 Å². The van der Waals surface area contributed by atoms with Crippen LogP contribution in [0.3, 0.4) is 0 Å². The Labute approximate surface area is 125 Å². The van der Waals surface area contributed by atoms with E-state index in [1.165, 1.54) is 6.07 Å².